The molecular formula is C16H17N2O4+. The molecule has 0 bridgehead atoms. The topological polar surface area (TPSA) is 84.8 Å². The number of carbonyl (C=O) groups excluding carboxylic acids is 1. The van der Waals surface area contributed by atoms with Crippen molar-refractivity contribution in [2.45, 2.75) is 0 Å². The summed E-state index contributed by atoms with van der Waals surface area (Å²) in [5, 5.41) is 2.44. The average molecular weight is 301 g/mol. The van der Waals surface area contributed by atoms with Gasteiger partial charge in [-0.05, 0) is 24.3 Å². The smallest absolute Gasteiger partial charge is 0.391 e. The molecular weight excluding hydrogens is 284 g/mol. The van der Waals surface area contributed by atoms with Crippen LogP contribution in [0.5, 0.6) is 11.5 Å². The van der Waals surface area contributed by atoms with Gasteiger partial charge < -0.3 is 9.47 Å². The summed E-state index contributed by atoms with van der Waals surface area (Å²) >= 11 is 0. The molecule has 0 amide bonds. The number of nitrogens with one attached hydrogen (secondary N) is 1. The summed E-state index contributed by atoms with van der Waals surface area (Å²) in [5.41, 5.74) is 6.79. The molecule has 0 saturated heterocycles. The van der Waals surface area contributed by atoms with Gasteiger partial charge in [0, 0.05) is 6.07 Å². The maximum Gasteiger partial charge on any atom is 0.391 e. The molecule has 2 aromatic carbocycles. The highest BCUT2D eigenvalue weighted by atomic mass is 16.7. The van der Waals surface area contributed by atoms with Crippen molar-refractivity contribution in [2.75, 3.05) is 14.2 Å². The second kappa shape index (κ2) is 7.12. The summed E-state index contributed by atoms with van der Waals surface area (Å²) in [6, 6.07) is 13.9. The normalized spacial score (nSPS) is 10.9. The van der Waals surface area contributed by atoms with Gasteiger partial charge in [0.15, 0.2) is 0 Å². The van der Waals surface area contributed by atoms with E-state index >= 15 is 0 Å². The van der Waals surface area contributed by atoms with Gasteiger partial charge in [-0.1, -0.05) is 23.4 Å². The van der Waals surface area contributed by atoms with Crippen LogP contribution >= 0.6 is 0 Å². The van der Waals surface area contributed by atoms with Crippen molar-refractivity contribution in [2.24, 2.45) is 5.73 Å². The van der Waals surface area contributed by atoms with Gasteiger partial charge in [0.05, 0.1) is 19.8 Å². The maximum atomic E-state index is 12.1. The Labute approximate surface area is 128 Å². The van der Waals surface area contributed by atoms with Crippen LogP contribution in [0.2, 0.25) is 0 Å². The van der Waals surface area contributed by atoms with E-state index in [-0.39, 0.29) is 11.4 Å². The molecule has 22 heavy (non-hydrogen) atoms. The standard InChI is InChI=1S/C16H16N2O4/c1-20-12-8-9-13(14(10-12)21-2)16(19)22-18-15(17)11-6-4-3-5-7-11/h3-10H,1-2H3,(H2,17,18)/p+1. The van der Waals surface area contributed by atoms with E-state index in [4.69, 9.17) is 20.0 Å². The van der Waals surface area contributed by atoms with Crippen LogP contribution in [0.3, 0.4) is 0 Å². The highest BCUT2D eigenvalue weighted by Gasteiger charge is 2.16. The van der Waals surface area contributed by atoms with E-state index in [0.717, 1.165) is 5.56 Å². The largest absolute Gasteiger partial charge is 0.497 e. The van der Waals surface area contributed by atoms with Gasteiger partial charge in [0.1, 0.15) is 17.1 Å². The molecule has 6 nitrogen and oxygen atoms in total. The SMILES string of the molecule is COc1ccc(C(=O)O[NH+]=C(N)c2ccccc2)c(OC)c1. The molecule has 0 fully saturated rings. The molecule has 0 aliphatic carbocycles. The first-order valence-electron chi connectivity index (χ1n) is 6.52. The first kappa shape index (κ1) is 15.4. The lowest BCUT2D eigenvalue weighted by Gasteiger charge is -2.07. The Morgan fingerprint density at radius 3 is 2.41 bits per heavy atom. The molecule has 0 unspecified atom stereocenters. The fourth-order valence-corrected chi connectivity index (χ4v) is 1.80. The fraction of sp³-hybridized carbons (Fsp3) is 0.125. The summed E-state index contributed by atoms with van der Waals surface area (Å²) in [7, 11) is 2.99. The summed E-state index contributed by atoms with van der Waals surface area (Å²) in [6.07, 6.45) is 0. The van der Waals surface area contributed by atoms with Crippen LogP contribution in [-0.2, 0) is 4.84 Å². The molecule has 0 aliphatic rings. The Balaban J connectivity index is 2.16. The quantitative estimate of drug-likeness (QED) is 0.358. The molecule has 0 saturated carbocycles. The van der Waals surface area contributed by atoms with Crippen LogP contribution in [0.1, 0.15) is 15.9 Å². The van der Waals surface area contributed by atoms with Gasteiger partial charge >= 0.3 is 11.8 Å². The third kappa shape index (κ3) is 3.54. The Kier molecular flexibility index (Phi) is 4.98. The first-order valence-corrected chi connectivity index (χ1v) is 6.52. The number of nitrogens with two attached hydrogens (primary N) is 1. The zero-order valence-corrected chi connectivity index (χ0v) is 12.3. The predicted octanol–water partition coefficient (Wildman–Crippen LogP) is 0.262. The highest BCUT2D eigenvalue weighted by molar-refractivity contribution is 5.94. The Morgan fingerprint density at radius 1 is 1.05 bits per heavy atom. The molecule has 0 aromatic heterocycles. The Bertz CT molecular complexity index is 684. The van der Waals surface area contributed by atoms with Gasteiger partial charge in [0.25, 0.3) is 0 Å². The van der Waals surface area contributed by atoms with Gasteiger partial charge in [-0.3, -0.25) is 10.6 Å². The fourth-order valence-electron chi connectivity index (χ4n) is 1.80. The number of nitrogen functional groups attached to an aromatic ring is 1. The summed E-state index contributed by atoms with van der Waals surface area (Å²) in [4.78, 5) is 17.1. The van der Waals surface area contributed by atoms with Crippen LogP contribution in [-0.4, -0.2) is 26.0 Å². The average Bonchev–Trinajstić information content (AvgIpc) is 2.59. The number of benzene rings is 2. The number of amidine groups is 1. The molecule has 0 spiro atoms. The molecule has 2 aromatic rings. The molecule has 2 rings (SSSR count). The van der Waals surface area contributed by atoms with Crippen molar-refractivity contribution in [3.63, 3.8) is 0 Å². The molecule has 0 heterocycles. The van der Waals surface area contributed by atoms with E-state index < -0.39 is 5.97 Å². The van der Waals surface area contributed by atoms with E-state index in [9.17, 15) is 4.79 Å². The molecule has 6 heteroatoms. The second-order valence-corrected chi connectivity index (χ2v) is 4.34. The summed E-state index contributed by atoms with van der Waals surface area (Å²) in [6.45, 7) is 0. The molecule has 0 aliphatic heterocycles. The zero-order valence-electron chi connectivity index (χ0n) is 12.3. The third-order valence-electron chi connectivity index (χ3n) is 2.97. The van der Waals surface area contributed by atoms with Crippen molar-refractivity contribution in [1.82, 2.24) is 0 Å². The van der Waals surface area contributed by atoms with Crippen LogP contribution in [0.15, 0.2) is 48.5 Å². The maximum absolute atomic E-state index is 12.1. The number of methoxy groups -OCH3 is 2. The summed E-state index contributed by atoms with van der Waals surface area (Å²) in [5.74, 6) is 0.556. The van der Waals surface area contributed by atoms with E-state index in [2.05, 4.69) is 5.16 Å². The van der Waals surface area contributed by atoms with Crippen molar-refractivity contribution in [3.05, 3.63) is 59.7 Å². The van der Waals surface area contributed by atoms with E-state index in [1.54, 1.807) is 30.3 Å². The third-order valence-corrected chi connectivity index (χ3v) is 2.97. The van der Waals surface area contributed by atoms with Crippen molar-refractivity contribution < 1.29 is 24.3 Å². The number of hydrogen-bond acceptors (Lipinski definition) is 4. The number of carbonyl (C=O) groups is 1. The Morgan fingerprint density at radius 2 is 1.77 bits per heavy atom. The lowest BCUT2D eigenvalue weighted by atomic mass is 10.2. The lowest BCUT2D eigenvalue weighted by Crippen LogP contribution is -2.75. The number of rotatable bonds is 5. The predicted molar refractivity (Wildman–Crippen MR) is 80.7 cm³/mol. The minimum absolute atomic E-state index is 0.237. The van der Waals surface area contributed by atoms with Gasteiger partial charge in [-0.15, -0.1) is 0 Å². The van der Waals surface area contributed by atoms with Crippen molar-refractivity contribution in [1.29, 1.82) is 0 Å². The first-order chi connectivity index (χ1) is 10.7. The minimum atomic E-state index is -0.613. The number of hydrogen-bond donors (Lipinski definition) is 2. The van der Waals surface area contributed by atoms with Crippen LogP contribution < -0.4 is 20.4 Å². The van der Waals surface area contributed by atoms with E-state index in [0.29, 0.717) is 11.5 Å². The Hall–Kier alpha value is -3.02. The second-order valence-electron chi connectivity index (χ2n) is 4.34. The monoisotopic (exact) mass is 301 g/mol. The number of ether oxygens (including phenoxy) is 2. The van der Waals surface area contributed by atoms with Crippen LogP contribution in [0.4, 0.5) is 0 Å². The highest BCUT2D eigenvalue weighted by Crippen LogP contribution is 2.24. The molecule has 3 N–H and O–H groups in total. The van der Waals surface area contributed by atoms with E-state index in [1.165, 1.54) is 14.2 Å². The lowest BCUT2D eigenvalue weighted by molar-refractivity contribution is -0.721. The van der Waals surface area contributed by atoms with Crippen LogP contribution in [0.25, 0.3) is 0 Å². The molecule has 0 atom stereocenters. The van der Waals surface area contributed by atoms with Gasteiger partial charge in [-0.2, -0.15) is 0 Å². The minimum Gasteiger partial charge on any atom is -0.497 e. The van der Waals surface area contributed by atoms with Crippen molar-refractivity contribution in [3.8, 4) is 11.5 Å². The molecule has 0 radical (unpaired) electrons. The van der Waals surface area contributed by atoms with Crippen molar-refractivity contribution >= 4 is 11.8 Å². The molecule has 114 valence electrons. The van der Waals surface area contributed by atoms with Gasteiger partial charge in [0.2, 0.25) is 0 Å². The van der Waals surface area contributed by atoms with Gasteiger partial charge in [-0.25, -0.2) is 4.79 Å². The zero-order chi connectivity index (χ0) is 15.9. The van der Waals surface area contributed by atoms with E-state index in [1.807, 2.05) is 18.2 Å². The van der Waals surface area contributed by atoms with Crippen LogP contribution in [0, 0.1) is 0 Å². The summed E-state index contributed by atoms with van der Waals surface area (Å²) < 4.78 is 10.2.